The molecule has 0 saturated carbocycles. The number of carbonyl (C=O) groups is 1. The number of likely N-dealkylation sites (tertiary alicyclic amines) is 1. The maximum absolute atomic E-state index is 13.4. The van der Waals surface area contributed by atoms with Gasteiger partial charge in [0.2, 0.25) is 0 Å². The van der Waals surface area contributed by atoms with Gasteiger partial charge in [0, 0.05) is 6.54 Å². The summed E-state index contributed by atoms with van der Waals surface area (Å²) in [4.78, 5) is 13.1. The molecule has 35 heavy (non-hydrogen) atoms. The number of halogens is 3. The minimum absolute atomic E-state index is 0.00905. The fourth-order valence-electron chi connectivity index (χ4n) is 4.99. The Kier molecular flexibility index (Phi) is 5.84. The highest BCUT2D eigenvalue weighted by molar-refractivity contribution is 5.82. The molecule has 1 saturated heterocycles. The van der Waals surface area contributed by atoms with E-state index in [0.717, 1.165) is 21.6 Å². The molecule has 0 radical (unpaired) electrons. The van der Waals surface area contributed by atoms with Crippen LogP contribution in [0.15, 0.2) is 91.0 Å². The molecule has 1 aliphatic heterocycles. The summed E-state index contributed by atoms with van der Waals surface area (Å²) in [5.74, 6) is -1.67. The highest BCUT2D eigenvalue weighted by Crippen LogP contribution is 2.43. The zero-order valence-electron chi connectivity index (χ0n) is 18.6. The third-order valence-corrected chi connectivity index (χ3v) is 6.44. The van der Waals surface area contributed by atoms with Crippen molar-refractivity contribution in [2.75, 3.05) is 6.54 Å². The molecule has 0 spiro atoms. The van der Waals surface area contributed by atoms with Crippen molar-refractivity contribution in [3.8, 4) is 0 Å². The van der Waals surface area contributed by atoms with Gasteiger partial charge in [-0.1, -0.05) is 91.0 Å². The topological polar surface area (TPSA) is 63.9 Å². The molecule has 6 nitrogen and oxygen atoms in total. The summed E-state index contributed by atoms with van der Waals surface area (Å²) in [5, 5.41) is 12.5. The molecule has 1 fully saturated rings. The monoisotopic (exact) mass is 477 g/mol. The Hall–Kier alpha value is -4.01. The number of carbonyl (C=O) groups excluding carboxylic acids is 1. The molecule has 1 amide bonds. The molecule has 178 valence electrons. The van der Waals surface area contributed by atoms with Gasteiger partial charge in [-0.05, 0) is 40.0 Å². The van der Waals surface area contributed by atoms with Gasteiger partial charge in [0.15, 0.2) is 5.82 Å². The highest BCUT2D eigenvalue weighted by atomic mass is 19.4. The number of nitrogens with zero attached hydrogens (tertiary/aromatic N) is 5. The van der Waals surface area contributed by atoms with Gasteiger partial charge in [-0.2, -0.15) is 13.2 Å². The first kappa shape index (κ1) is 22.8. The summed E-state index contributed by atoms with van der Waals surface area (Å²) < 4.78 is 41.8. The van der Waals surface area contributed by atoms with E-state index in [-0.39, 0.29) is 12.4 Å². The standard InChI is InChI=1S/C26H22F3N5O/c27-26(28,29)24(35)33-18-10-17-22(33)23-30-31-32-34(23)25(19-11-4-1-5-12-19,20-13-6-2-7-14-20)21-15-8-3-9-16-21/h1-9,11-16,22H,10,17-18H2. The van der Waals surface area contributed by atoms with Crippen LogP contribution in [0.3, 0.4) is 0 Å². The van der Waals surface area contributed by atoms with Gasteiger partial charge in [-0.15, -0.1) is 5.10 Å². The van der Waals surface area contributed by atoms with Gasteiger partial charge in [-0.25, -0.2) is 4.68 Å². The van der Waals surface area contributed by atoms with Crippen molar-refractivity contribution in [3.63, 3.8) is 0 Å². The van der Waals surface area contributed by atoms with Gasteiger partial charge in [0.25, 0.3) is 0 Å². The molecule has 0 aliphatic carbocycles. The van der Waals surface area contributed by atoms with Crippen LogP contribution in [0.4, 0.5) is 13.2 Å². The second kappa shape index (κ2) is 8.98. The van der Waals surface area contributed by atoms with Crippen molar-refractivity contribution in [3.05, 3.63) is 114 Å². The number of rotatable bonds is 5. The predicted molar refractivity (Wildman–Crippen MR) is 122 cm³/mol. The summed E-state index contributed by atoms with van der Waals surface area (Å²) in [5.41, 5.74) is 1.41. The van der Waals surface area contributed by atoms with Crippen molar-refractivity contribution in [2.24, 2.45) is 0 Å². The molecule has 5 rings (SSSR count). The molecule has 3 aromatic carbocycles. The molecule has 4 aromatic rings. The minimum atomic E-state index is -4.98. The van der Waals surface area contributed by atoms with Crippen LogP contribution >= 0.6 is 0 Å². The molecule has 0 N–H and O–H groups in total. The number of hydrogen-bond donors (Lipinski definition) is 0. The second-order valence-electron chi connectivity index (χ2n) is 8.41. The van der Waals surface area contributed by atoms with Crippen LogP contribution in [-0.4, -0.2) is 43.7 Å². The number of tetrazole rings is 1. The molecule has 1 unspecified atom stereocenters. The van der Waals surface area contributed by atoms with Crippen LogP contribution < -0.4 is 0 Å². The van der Waals surface area contributed by atoms with Crippen molar-refractivity contribution >= 4 is 5.91 Å². The number of amides is 1. The molecular weight excluding hydrogens is 455 g/mol. The van der Waals surface area contributed by atoms with Gasteiger partial charge >= 0.3 is 12.1 Å². The Bertz CT molecular complexity index is 1200. The first-order chi connectivity index (χ1) is 16.9. The summed E-state index contributed by atoms with van der Waals surface area (Å²) >= 11 is 0. The van der Waals surface area contributed by atoms with Gasteiger partial charge in [0.1, 0.15) is 5.54 Å². The summed E-state index contributed by atoms with van der Waals surface area (Å²) in [7, 11) is 0. The fourth-order valence-corrected chi connectivity index (χ4v) is 4.99. The zero-order valence-corrected chi connectivity index (χ0v) is 18.6. The maximum Gasteiger partial charge on any atom is 0.471 e. The lowest BCUT2D eigenvalue weighted by Crippen LogP contribution is -2.44. The average Bonchev–Trinajstić information content (AvgIpc) is 3.56. The highest BCUT2D eigenvalue weighted by Gasteiger charge is 2.49. The first-order valence-electron chi connectivity index (χ1n) is 11.3. The van der Waals surface area contributed by atoms with E-state index < -0.39 is 23.7 Å². The Morgan fingerprint density at radius 3 is 1.74 bits per heavy atom. The lowest BCUT2D eigenvalue weighted by Gasteiger charge is -2.37. The van der Waals surface area contributed by atoms with E-state index in [4.69, 9.17) is 0 Å². The van der Waals surface area contributed by atoms with E-state index in [0.29, 0.717) is 12.8 Å². The van der Waals surface area contributed by atoms with Crippen LogP contribution in [0.5, 0.6) is 0 Å². The number of aromatic nitrogens is 4. The van der Waals surface area contributed by atoms with Crippen LogP contribution in [-0.2, 0) is 10.3 Å². The van der Waals surface area contributed by atoms with Crippen molar-refractivity contribution in [1.82, 2.24) is 25.1 Å². The lowest BCUT2D eigenvalue weighted by atomic mass is 9.77. The smallest absolute Gasteiger partial charge is 0.325 e. The molecule has 1 aromatic heterocycles. The molecule has 1 aliphatic rings. The van der Waals surface area contributed by atoms with E-state index in [1.807, 2.05) is 91.0 Å². The molecule has 1 atom stereocenters. The third-order valence-electron chi connectivity index (χ3n) is 6.44. The molecule has 9 heteroatoms. The van der Waals surface area contributed by atoms with E-state index in [9.17, 15) is 18.0 Å². The average molecular weight is 477 g/mol. The SMILES string of the molecule is O=C(N1CCCC1c1nnnn1C(c1ccccc1)(c1ccccc1)c1ccccc1)C(F)(F)F. The summed E-state index contributed by atoms with van der Waals surface area (Å²) in [6, 6.07) is 27.8. The second-order valence-corrected chi connectivity index (χ2v) is 8.41. The Labute approximate surface area is 200 Å². The van der Waals surface area contributed by atoms with Gasteiger partial charge in [-0.3, -0.25) is 4.79 Å². The minimum Gasteiger partial charge on any atom is -0.325 e. The first-order valence-corrected chi connectivity index (χ1v) is 11.3. The summed E-state index contributed by atoms with van der Waals surface area (Å²) in [6.07, 6.45) is -4.22. The lowest BCUT2D eigenvalue weighted by molar-refractivity contribution is -0.186. The molecule has 2 heterocycles. The van der Waals surface area contributed by atoms with Crippen molar-refractivity contribution < 1.29 is 18.0 Å². The Morgan fingerprint density at radius 1 is 0.800 bits per heavy atom. The van der Waals surface area contributed by atoms with E-state index in [1.54, 1.807) is 4.68 Å². The predicted octanol–water partition coefficient (Wildman–Crippen LogP) is 4.74. The maximum atomic E-state index is 13.4. The third kappa shape index (κ3) is 3.86. The van der Waals surface area contributed by atoms with E-state index >= 15 is 0 Å². The molecule has 0 bridgehead atoms. The van der Waals surface area contributed by atoms with Crippen LogP contribution in [0.25, 0.3) is 0 Å². The number of hydrogen-bond acceptors (Lipinski definition) is 4. The Balaban J connectivity index is 1.78. The number of benzene rings is 3. The van der Waals surface area contributed by atoms with Crippen molar-refractivity contribution in [2.45, 2.75) is 30.6 Å². The van der Waals surface area contributed by atoms with Crippen LogP contribution in [0.1, 0.15) is 41.4 Å². The zero-order chi connectivity index (χ0) is 24.5. The Morgan fingerprint density at radius 2 is 1.29 bits per heavy atom. The summed E-state index contributed by atoms with van der Waals surface area (Å²) in [6.45, 7) is -0.00905. The van der Waals surface area contributed by atoms with E-state index in [1.165, 1.54) is 0 Å². The number of alkyl halides is 3. The van der Waals surface area contributed by atoms with Crippen LogP contribution in [0.2, 0.25) is 0 Å². The van der Waals surface area contributed by atoms with Gasteiger partial charge < -0.3 is 4.90 Å². The van der Waals surface area contributed by atoms with Crippen molar-refractivity contribution in [1.29, 1.82) is 0 Å². The quantitative estimate of drug-likeness (QED) is 0.390. The fraction of sp³-hybridized carbons (Fsp3) is 0.231. The van der Waals surface area contributed by atoms with E-state index in [2.05, 4.69) is 15.5 Å². The normalized spacial score (nSPS) is 16.4. The van der Waals surface area contributed by atoms with Gasteiger partial charge in [0.05, 0.1) is 6.04 Å². The largest absolute Gasteiger partial charge is 0.471 e. The molecular formula is C26H22F3N5O. The van der Waals surface area contributed by atoms with Crippen LogP contribution in [0, 0.1) is 0 Å².